The summed E-state index contributed by atoms with van der Waals surface area (Å²) in [5, 5.41) is 3.32. The Morgan fingerprint density at radius 2 is 1.92 bits per heavy atom. The Balaban J connectivity index is 2.10. The van der Waals surface area contributed by atoms with E-state index in [2.05, 4.69) is 10.3 Å². The molecule has 0 aromatic heterocycles. The smallest absolute Gasteiger partial charge is 0.102 e. The van der Waals surface area contributed by atoms with Crippen LogP contribution >= 0.6 is 0 Å². The Morgan fingerprint density at radius 3 is 2.62 bits per heavy atom. The molecule has 68 valence electrons. The molecule has 0 unspecified atom stereocenters. The van der Waals surface area contributed by atoms with Crippen LogP contribution in [-0.2, 0) is 0 Å². The zero-order valence-corrected chi connectivity index (χ0v) is 7.66. The van der Waals surface area contributed by atoms with Crippen LogP contribution in [-0.4, -0.2) is 12.4 Å². The van der Waals surface area contributed by atoms with Crippen LogP contribution in [0, 0.1) is 0 Å². The number of aliphatic imine (C=N–C) groups is 1. The van der Waals surface area contributed by atoms with Crippen LogP contribution in [0.4, 0.5) is 5.69 Å². The summed E-state index contributed by atoms with van der Waals surface area (Å²) in [6.07, 6.45) is 3.63. The first-order valence-corrected chi connectivity index (χ1v) is 4.82. The first kappa shape index (κ1) is 8.30. The van der Waals surface area contributed by atoms with E-state index in [1.807, 2.05) is 30.3 Å². The molecule has 1 aromatic carbocycles. The average Bonchev–Trinajstić information content (AvgIpc) is 2.21. The van der Waals surface area contributed by atoms with Gasteiger partial charge in [-0.25, -0.2) is 4.99 Å². The van der Waals surface area contributed by atoms with E-state index in [-0.39, 0.29) is 0 Å². The average molecular weight is 174 g/mol. The van der Waals surface area contributed by atoms with Gasteiger partial charge in [-0.15, -0.1) is 0 Å². The molecule has 2 rings (SSSR count). The van der Waals surface area contributed by atoms with Gasteiger partial charge in [0.2, 0.25) is 0 Å². The Hall–Kier alpha value is -1.31. The van der Waals surface area contributed by atoms with Gasteiger partial charge in [-0.05, 0) is 25.0 Å². The van der Waals surface area contributed by atoms with E-state index < -0.39 is 0 Å². The van der Waals surface area contributed by atoms with Crippen molar-refractivity contribution in [2.24, 2.45) is 4.99 Å². The van der Waals surface area contributed by atoms with Crippen molar-refractivity contribution in [2.75, 3.05) is 6.54 Å². The molecule has 0 radical (unpaired) electrons. The summed E-state index contributed by atoms with van der Waals surface area (Å²) in [4.78, 5) is 4.52. The van der Waals surface area contributed by atoms with Gasteiger partial charge >= 0.3 is 0 Å². The molecule has 1 N–H and O–H groups in total. The first-order chi connectivity index (χ1) is 6.45. The number of rotatable bonds is 1. The molecule has 1 aliphatic heterocycles. The Kier molecular flexibility index (Phi) is 2.60. The highest BCUT2D eigenvalue weighted by atomic mass is 15.0. The van der Waals surface area contributed by atoms with Crippen LogP contribution in [0.2, 0.25) is 0 Å². The highest BCUT2D eigenvalue weighted by Gasteiger charge is 2.04. The zero-order chi connectivity index (χ0) is 8.93. The quantitative estimate of drug-likeness (QED) is 0.695. The van der Waals surface area contributed by atoms with Crippen molar-refractivity contribution in [3.8, 4) is 0 Å². The number of amidine groups is 1. The van der Waals surface area contributed by atoms with E-state index in [9.17, 15) is 0 Å². The third-order valence-corrected chi connectivity index (χ3v) is 2.19. The van der Waals surface area contributed by atoms with E-state index in [0.717, 1.165) is 24.5 Å². The summed E-state index contributed by atoms with van der Waals surface area (Å²) in [7, 11) is 0. The fraction of sp³-hybridized carbons (Fsp3) is 0.364. The van der Waals surface area contributed by atoms with Gasteiger partial charge in [0.15, 0.2) is 0 Å². The Labute approximate surface area is 78.7 Å². The lowest BCUT2D eigenvalue weighted by molar-refractivity contribution is 0.669. The van der Waals surface area contributed by atoms with Crippen LogP contribution in [0.1, 0.15) is 19.3 Å². The maximum absolute atomic E-state index is 4.52. The van der Waals surface area contributed by atoms with E-state index in [1.165, 1.54) is 12.8 Å². The van der Waals surface area contributed by atoms with Crippen molar-refractivity contribution in [1.29, 1.82) is 0 Å². The van der Waals surface area contributed by atoms with Crippen molar-refractivity contribution < 1.29 is 0 Å². The van der Waals surface area contributed by atoms with Gasteiger partial charge in [0.1, 0.15) is 5.84 Å². The third-order valence-electron chi connectivity index (χ3n) is 2.19. The summed E-state index contributed by atoms with van der Waals surface area (Å²) in [5.74, 6) is 1.14. The molecule has 0 atom stereocenters. The van der Waals surface area contributed by atoms with Gasteiger partial charge in [0.25, 0.3) is 0 Å². The molecule has 1 aliphatic rings. The lowest BCUT2D eigenvalue weighted by Gasteiger charge is -2.14. The summed E-state index contributed by atoms with van der Waals surface area (Å²) < 4.78 is 0. The predicted molar refractivity (Wildman–Crippen MR) is 55.4 cm³/mol. The summed E-state index contributed by atoms with van der Waals surface area (Å²) in [5.41, 5.74) is 1.05. The Bertz CT molecular complexity index is 282. The molecular weight excluding hydrogens is 160 g/mol. The predicted octanol–water partition coefficient (Wildman–Crippen LogP) is 2.49. The monoisotopic (exact) mass is 174 g/mol. The number of nitrogens with zero attached hydrogens (tertiary/aromatic N) is 1. The van der Waals surface area contributed by atoms with Gasteiger partial charge in [-0.1, -0.05) is 18.2 Å². The van der Waals surface area contributed by atoms with Crippen molar-refractivity contribution >= 4 is 11.5 Å². The molecule has 2 heteroatoms. The minimum atomic E-state index is 1.05. The number of piperidine rings is 1. The molecule has 1 heterocycles. The topological polar surface area (TPSA) is 24.4 Å². The fourth-order valence-corrected chi connectivity index (χ4v) is 1.49. The molecule has 0 saturated carbocycles. The second kappa shape index (κ2) is 4.08. The minimum absolute atomic E-state index is 1.05. The largest absolute Gasteiger partial charge is 0.374 e. The molecule has 13 heavy (non-hydrogen) atoms. The molecular formula is C11H14N2. The van der Waals surface area contributed by atoms with Crippen molar-refractivity contribution in [2.45, 2.75) is 19.3 Å². The number of nitrogens with one attached hydrogen (secondary N) is 1. The van der Waals surface area contributed by atoms with Gasteiger partial charge in [0.05, 0.1) is 5.69 Å². The third kappa shape index (κ3) is 2.31. The lowest BCUT2D eigenvalue weighted by Crippen LogP contribution is -2.28. The molecule has 0 bridgehead atoms. The van der Waals surface area contributed by atoms with Crippen LogP contribution in [0.3, 0.4) is 0 Å². The second-order valence-electron chi connectivity index (χ2n) is 3.28. The molecule has 1 aromatic rings. The standard InChI is InChI=1S/C11H14N2/c1-2-6-10(7-3-1)13-11-8-4-5-9-12-11/h1-3,6-7H,4-5,8-9H2,(H,12,13). The van der Waals surface area contributed by atoms with Crippen molar-refractivity contribution in [1.82, 2.24) is 5.32 Å². The SMILES string of the molecule is c1ccc(/N=C2\CCCCN2)cc1. The maximum Gasteiger partial charge on any atom is 0.102 e. The van der Waals surface area contributed by atoms with E-state index in [4.69, 9.17) is 0 Å². The van der Waals surface area contributed by atoms with Gasteiger partial charge in [-0.2, -0.15) is 0 Å². The molecule has 0 spiro atoms. The molecule has 0 amide bonds. The molecule has 2 nitrogen and oxygen atoms in total. The van der Waals surface area contributed by atoms with E-state index >= 15 is 0 Å². The fourth-order valence-electron chi connectivity index (χ4n) is 1.49. The van der Waals surface area contributed by atoms with Crippen LogP contribution in [0.15, 0.2) is 35.3 Å². The maximum atomic E-state index is 4.52. The summed E-state index contributed by atoms with van der Waals surface area (Å²) in [6.45, 7) is 1.08. The van der Waals surface area contributed by atoms with Crippen molar-refractivity contribution in [3.05, 3.63) is 30.3 Å². The van der Waals surface area contributed by atoms with E-state index in [0.29, 0.717) is 0 Å². The molecule has 1 saturated heterocycles. The summed E-state index contributed by atoms with van der Waals surface area (Å²) in [6, 6.07) is 10.1. The highest BCUT2D eigenvalue weighted by Crippen LogP contribution is 2.12. The number of benzene rings is 1. The molecule has 1 fully saturated rings. The van der Waals surface area contributed by atoms with Crippen LogP contribution in [0.5, 0.6) is 0 Å². The minimum Gasteiger partial charge on any atom is -0.374 e. The normalized spacial score (nSPS) is 19.8. The first-order valence-electron chi connectivity index (χ1n) is 4.82. The van der Waals surface area contributed by atoms with Crippen molar-refractivity contribution in [3.63, 3.8) is 0 Å². The van der Waals surface area contributed by atoms with Gasteiger partial charge in [0, 0.05) is 13.0 Å². The number of hydrogen-bond donors (Lipinski definition) is 1. The zero-order valence-electron chi connectivity index (χ0n) is 7.66. The highest BCUT2D eigenvalue weighted by molar-refractivity contribution is 5.85. The second-order valence-corrected chi connectivity index (χ2v) is 3.28. The van der Waals surface area contributed by atoms with Crippen LogP contribution < -0.4 is 5.32 Å². The van der Waals surface area contributed by atoms with Gasteiger partial charge in [-0.3, -0.25) is 0 Å². The summed E-state index contributed by atoms with van der Waals surface area (Å²) >= 11 is 0. The number of para-hydroxylation sites is 1. The van der Waals surface area contributed by atoms with Crippen LogP contribution in [0.25, 0.3) is 0 Å². The lowest BCUT2D eigenvalue weighted by atomic mass is 10.1. The Morgan fingerprint density at radius 1 is 1.08 bits per heavy atom. The van der Waals surface area contributed by atoms with E-state index in [1.54, 1.807) is 0 Å². The molecule has 0 aliphatic carbocycles. The number of hydrogen-bond acceptors (Lipinski definition) is 1. The van der Waals surface area contributed by atoms with Gasteiger partial charge < -0.3 is 5.32 Å².